The van der Waals surface area contributed by atoms with Gasteiger partial charge in [-0.1, -0.05) is 166 Å². The number of nitrogens with zero attached hydrogens (tertiary/aromatic N) is 3. The zero-order valence-corrected chi connectivity index (χ0v) is 28.4. The Morgan fingerprint density at radius 2 is 0.765 bits per heavy atom. The van der Waals surface area contributed by atoms with Crippen LogP contribution in [0.4, 0.5) is 0 Å². The Hall–Kier alpha value is -6.45. The molecule has 51 heavy (non-hydrogen) atoms. The summed E-state index contributed by atoms with van der Waals surface area (Å²) >= 11 is 0. The number of hydrogen-bond acceptors (Lipinski definition) is 3. The van der Waals surface area contributed by atoms with Crippen molar-refractivity contribution < 1.29 is 0 Å². The molecule has 1 aliphatic rings. The van der Waals surface area contributed by atoms with Gasteiger partial charge in [0.1, 0.15) is 0 Å². The molecular weight excluding hydrogens is 619 g/mol. The van der Waals surface area contributed by atoms with Crippen molar-refractivity contribution in [2.75, 3.05) is 0 Å². The second kappa shape index (κ2) is 11.3. The molecule has 3 nitrogen and oxygen atoms in total. The van der Waals surface area contributed by atoms with E-state index in [0.29, 0.717) is 17.5 Å². The number of hydrogen-bond donors (Lipinski definition) is 0. The van der Waals surface area contributed by atoms with Crippen LogP contribution in [-0.2, 0) is 5.41 Å². The van der Waals surface area contributed by atoms with Gasteiger partial charge in [-0.15, -0.1) is 0 Å². The first-order valence-electron chi connectivity index (χ1n) is 17.5. The van der Waals surface area contributed by atoms with Crippen LogP contribution in [0.2, 0.25) is 0 Å². The summed E-state index contributed by atoms with van der Waals surface area (Å²) in [5, 5.41) is 6.80. The van der Waals surface area contributed by atoms with Crippen molar-refractivity contribution in [1.82, 2.24) is 15.0 Å². The van der Waals surface area contributed by atoms with E-state index in [-0.39, 0.29) is 5.41 Å². The van der Waals surface area contributed by atoms with Crippen LogP contribution in [0.5, 0.6) is 0 Å². The molecule has 3 heteroatoms. The van der Waals surface area contributed by atoms with E-state index < -0.39 is 0 Å². The third-order valence-electron chi connectivity index (χ3n) is 10.8. The lowest BCUT2D eigenvalue weighted by Gasteiger charge is -2.21. The van der Waals surface area contributed by atoms with Crippen LogP contribution in [-0.4, -0.2) is 15.0 Å². The second-order valence-corrected chi connectivity index (χ2v) is 14.0. The second-order valence-electron chi connectivity index (χ2n) is 14.0. The van der Waals surface area contributed by atoms with Gasteiger partial charge in [0.05, 0.1) is 0 Å². The molecule has 0 amide bonds. The average Bonchev–Trinajstić information content (AvgIpc) is 3.42. The largest absolute Gasteiger partial charge is 0.208 e. The van der Waals surface area contributed by atoms with Gasteiger partial charge in [-0.2, -0.15) is 0 Å². The lowest BCUT2D eigenvalue weighted by molar-refractivity contribution is 0.660. The van der Waals surface area contributed by atoms with E-state index in [9.17, 15) is 0 Å². The maximum atomic E-state index is 5.25. The van der Waals surface area contributed by atoms with Crippen LogP contribution in [0.15, 0.2) is 164 Å². The highest BCUT2D eigenvalue weighted by molar-refractivity contribution is 6.05. The van der Waals surface area contributed by atoms with Crippen molar-refractivity contribution in [3.8, 4) is 56.4 Å². The van der Waals surface area contributed by atoms with E-state index in [1.165, 1.54) is 38.8 Å². The number of fused-ring (bicyclic) bond motifs is 6. The molecule has 9 aromatic rings. The van der Waals surface area contributed by atoms with Gasteiger partial charge in [0.15, 0.2) is 17.5 Å². The fourth-order valence-electron chi connectivity index (χ4n) is 8.21. The normalized spacial score (nSPS) is 13.1. The van der Waals surface area contributed by atoms with Crippen LogP contribution in [0, 0.1) is 0 Å². The summed E-state index contributed by atoms with van der Waals surface area (Å²) < 4.78 is 0. The molecule has 0 unspecified atom stereocenters. The fraction of sp³-hybridized carbons (Fsp3) is 0.0625. The summed E-state index contributed by atoms with van der Waals surface area (Å²) in [5.74, 6) is 1.98. The lowest BCUT2D eigenvalue weighted by atomic mass is 9.82. The predicted octanol–water partition coefficient (Wildman–Crippen LogP) is 12.3. The molecule has 1 heterocycles. The van der Waals surface area contributed by atoms with Gasteiger partial charge in [0.25, 0.3) is 0 Å². The molecule has 0 radical (unpaired) electrons. The van der Waals surface area contributed by atoms with Crippen LogP contribution in [0.3, 0.4) is 0 Å². The third-order valence-corrected chi connectivity index (χ3v) is 10.8. The first-order valence-corrected chi connectivity index (χ1v) is 17.5. The quantitative estimate of drug-likeness (QED) is 0.190. The maximum Gasteiger partial charge on any atom is 0.164 e. The van der Waals surface area contributed by atoms with Crippen LogP contribution in [0.1, 0.15) is 25.0 Å². The highest BCUT2D eigenvalue weighted by Crippen LogP contribution is 2.50. The van der Waals surface area contributed by atoms with E-state index in [0.717, 1.165) is 43.6 Å². The van der Waals surface area contributed by atoms with Crippen molar-refractivity contribution in [2.45, 2.75) is 19.3 Å². The lowest BCUT2D eigenvalue weighted by Crippen LogP contribution is -2.14. The van der Waals surface area contributed by atoms with Crippen LogP contribution >= 0.6 is 0 Å². The Labute approximate surface area is 297 Å². The zero-order chi connectivity index (χ0) is 34.1. The van der Waals surface area contributed by atoms with E-state index in [1.54, 1.807) is 0 Å². The molecule has 0 bridgehead atoms. The summed E-state index contributed by atoms with van der Waals surface area (Å²) in [6, 6.07) is 58.4. The smallest absolute Gasteiger partial charge is 0.164 e. The summed E-state index contributed by atoms with van der Waals surface area (Å²) in [7, 11) is 0. The third kappa shape index (κ3) is 4.62. The molecule has 0 aliphatic heterocycles. The SMILES string of the molecule is CC1(C)c2ccccc2-c2cc(-c3ccc(-c4nc(-c5cccc6ccccc56)nc(-c5cccc6ccccc56)n4)c4ccccc34)ccc21. The van der Waals surface area contributed by atoms with Crippen LogP contribution in [0.25, 0.3) is 88.7 Å². The molecule has 0 fully saturated rings. The van der Waals surface area contributed by atoms with E-state index in [4.69, 9.17) is 15.0 Å². The van der Waals surface area contributed by atoms with Gasteiger partial charge in [-0.05, 0) is 77.8 Å². The summed E-state index contributed by atoms with van der Waals surface area (Å²) in [6.45, 7) is 4.66. The van der Waals surface area contributed by atoms with Crippen molar-refractivity contribution >= 4 is 32.3 Å². The molecule has 1 aliphatic carbocycles. The van der Waals surface area contributed by atoms with Crippen molar-refractivity contribution in [2.24, 2.45) is 0 Å². The van der Waals surface area contributed by atoms with Crippen molar-refractivity contribution in [3.63, 3.8) is 0 Å². The molecule has 10 rings (SSSR count). The minimum Gasteiger partial charge on any atom is -0.208 e. The molecule has 0 spiro atoms. The van der Waals surface area contributed by atoms with E-state index >= 15 is 0 Å². The molecule has 0 saturated heterocycles. The van der Waals surface area contributed by atoms with Gasteiger partial charge < -0.3 is 0 Å². The van der Waals surface area contributed by atoms with Gasteiger partial charge in [-0.25, -0.2) is 15.0 Å². The van der Waals surface area contributed by atoms with Gasteiger partial charge >= 0.3 is 0 Å². The minimum absolute atomic E-state index is 0.0291. The Bertz CT molecular complexity index is 2740. The minimum atomic E-state index is -0.0291. The molecule has 0 atom stereocenters. The molecule has 240 valence electrons. The number of rotatable bonds is 4. The first-order chi connectivity index (χ1) is 25.0. The zero-order valence-electron chi connectivity index (χ0n) is 28.4. The molecule has 0 N–H and O–H groups in total. The topological polar surface area (TPSA) is 38.7 Å². The van der Waals surface area contributed by atoms with E-state index in [1.807, 2.05) is 0 Å². The maximum absolute atomic E-state index is 5.25. The standard InChI is InChI=1S/C48H33N3/c1-48(2)43-24-10-9-21-38(43)42-29-32(25-28-44(42)48)35-26-27-41(37-20-8-7-19-36(35)37)47-50-45(39-22-11-15-30-13-3-5-17-33(30)39)49-46(51-47)40-23-12-16-31-14-4-6-18-34(31)40/h3-29H,1-2H3. The van der Waals surface area contributed by atoms with Gasteiger partial charge in [0.2, 0.25) is 0 Å². The molecule has 0 saturated carbocycles. The Morgan fingerprint density at radius 3 is 1.39 bits per heavy atom. The summed E-state index contributed by atoms with van der Waals surface area (Å²) in [4.78, 5) is 15.7. The number of aromatic nitrogens is 3. The summed E-state index contributed by atoms with van der Waals surface area (Å²) in [5.41, 5.74) is 10.7. The van der Waals surface area contributed by atoms with Crippen molar-refractivity contribution in [1.29, 1.82) is 0 Å². The molecular formula is C48H33N3. The highest BCUT2D eigenvalue weighted by atomic mass is 15.0. The highest BCUT2D eigenvalue weighted by Gasteiger charge is 2.35. The fourth-order valence-corrected chi connectivity index (χ4v) is 8.21. The first kappa shape index (κ1) is 29.5. The van der Waals surface area contributed by atoms with E-state index in [2.05, 4.69) is 178 Å². The number of benzene rings is 8. The average molecular weight is 652 g/mol. The summed E-state index contributed by atoms with van der Waals surface area (Å²) in [6.07, 6.45) is 0. The van der Waals surface area contributed by atoms with Gasteiger partial charge in [0, 0.05) is 22.1 Å². The predicted molar refractivity (Wildman–Crippen MR) is 212 cm³/mol. The van der Waals surface area contributed by atoms with Crippen molar-refractivity contribution in [3.05, 3.63) is 175 Å². The van der Waals surface area contributed by atoms with Crippen LogP contribution < -0.4 is 0 Å². The Balaban J connectivity index is 1.19. The molecule has 8 aromatic carbocycles. The Kier molecular flexibility index (Phi) is 6.53. The monoisotopic (exact) mass is 651 g/mol. The Morgan fingerprint density at radius 1 is 0.333 bits per heavy atom. The molecule has 1 aromatic heterocycles. The van der Waals surface area contributed by atoms with Gasteiger partial charge in [-0.3, -0.25) is 0 Å².